The lowest BCUT2D eigenvalue weighted by molar-refractivity contribution is 0.0954. The van der Waals surface area contributed by atoms with Crippen LogP contribution in [0.3, 0.4) is 0 Å². The highest BCUT2D eigenvalue weighted by Crippen LogP contribution is 2.27. The van der Waals surface area contributed by atoms with Crippen molar-refractivity contribution in [3.8, 4) is 11.5 Å². The van der Waals surface area contributed by atoms with E-state index >= 15 is 0 Å². The lowest BCUT2D eigenvalue weighted by Gasteiger charge is -2.28. The van der Waals surface area contributed by atoms with Crippen LogP contribution in [0.2, 0.25) is 0 Å². The molecule has 1 heterocycles. The predicted molar refractivity (Wildman–Crippen MR) is 112 cm³/mol. The number of amides is 1. The Morgan fingerprint density at radius 2 is 1.57 bits per heavy atom. The number of hydrogen-bond acceptors (Lipinski definition) is 5. The van der Waals surface area contributed by atoms with Crippen LogP contribution in [0.25, 0.3) is 0 Å². The van der Waals surface area contributed by atoms with E-state index in [1.165, 1.54) is 32.1 Å². The molecular formula is C22H27N3O3. The van der Waals surface area contributed by atoms with E-state index in [9.17, 15) is 4.79 Å². The minimum atomic E-state index is -0.301. The van der Waals surface area contributed by atoms with Crippen molar-refractivity contribution in [1.82, 2.24) is 5.43 Å². The fourth-order valence-electron chi connectivity index (χ4n) is 3.31. The molecule has 0 radical (unpaired) electrons. The summed E-state index contributed by atoms with van der Waals surface area (Å²) in [6, 6.07) is 13.3. The zero-order chi connectivity index (χ0) is 19.9. The van der Waals surface area contributed by atoms with Gasteiger partial charge in [-0.05, 0) is 62.1 Å². The first-order chi connectivity index (χ1) is 13.6. The fraction of sp³-hybridized carbons (Fsp3) is 0.364. The second kappa shape index (κ2) is 9.26. The summed E-state index contributed by atoms with van der Waals surface area (Å²) in [5.74, 6) is 0.780. The molecular weight excluding hydrogens is 354 g/mol. The van der Waals surface area contributed by atoms with Crippen LogP contribution in [-0.4, -0.2) is 38.9 Å². The second-order valence-electron chi connectivity index (χ2n) is 6.80. The maximum Gasteiger partial charge on any atom is 0.271 e. The number of rotatable bonds is 6. The molecule has 148 valence electrons. The molecule has 28 heavy (non-hydrogen) atoms. The molecule has 0 saturated carbocycles. The Labute approximate surface area is 166 Å². The van der Waals surface area contributed by atoms with Gasteiger partial charge in [-0.1, -0.05) is 12.1 Å². The fourth-order valence-corrected chi connectivity index (χ4v) is 3.31. The molecule has 1 aliphatic rings. The molecule has 6 heteroatoms. The minimum Gasteiger partial charge on any atom is -0.493 e. The molecule has 0 aliphatic carbocycles. The summed E-state index contributed by atoms with van der Waals surface area (Å²) < 4.78 is 10.4. The van der Waals surface area contributed by atoms with Crippen LogP contribution in [-0.2, 0) is 0 Å². The Morgan fingerprint density at radius 1 is 0.929 bits per heavy atom. The Morgan fingerprint density at radius 3 is 2.21 bits per heavy atom. The van der Waals surface area contributed by atoms with Crippen LogP contribution in [0.1, 0.15) is 42.1 Å². The first-order valence-corrected chi connectivity index (χ1v) is 9.54. The van der Waals surface area contributed by atoms with Gasteiger partial charge in [0.05, 0.1) is 19.9 Å². The summed E-state index contributed by atoms with van der Waals surface area (Å²) in [6.07, 6.45) is 3.83. The summed E-state index contributed by atoms with van der Waals surface area (Å²) in [5, 5.41) is 4.24. The SMILES string of the molecule is COc1ccc(C(=O)N/N=C(\C)c2ccc(N3CCCCC3)cc2)cc1OC. The molecule has 0 bridgehead atoms. The van der Waals surface area contributed by atoms with Crippen LogP contribution >= 0.6 is 0 Å². The number of methoxy groups -OCH3 is 2. The number of nitrogens with one attached hydrogen (secondary N) is 1. The van der Waals surface area contributed by atoms with Gasteiger partial charge in [0.25, 0.3) is 5.91 Å². The van der Waals surface area contributed by atoms with E-state index in [0.29, 0.717) is 17.1 Å². The van der Waals surface area contributed by atoms with Crippen molar-refractivity contribution in [3.63, 3.8) is 0 Å². The van der Waals surface area contributed by atoms with E-state index in [0.717, 1.165) is 24.4 Å². The third kappa shape index (κ3) is 4.63. The Hall–Kier alpha value is -3.02. The number of carbonyl (C=O) groups is 1. The number of benzene rings is 2. The number of hydrazone groups is 1. The van der Waals surface area contributed by atoms with Crippen LogP contribution in [0.5, 0.6) is 11.5 Å². The molecule has 2 aromatic carbocycles. The predicted octanol–water partition coefficient (Wildman–Crippen LogP) is 3.85. The van der Waals surface area contributed by atoms with Crippen molar-refractivity contribution < 1.29 is 14.3 Å². The van der Waals surface area contributed by atoms with Gasteiger partial charge in [0.15, 0.2) is 11.5 Å². The molecule has 1 amide bonds. The molecule has 2 aromatic rings. The van der Waals surface area contributed by atoms with Crippen LogP contribution in [0.15, 0.2) is 47.6 Å². The molecule has 1 N–H and O–H groups in total. The molecule has 6 nitrogen and oxygen atoms in total. The first kappa shape index (κ1) is 19.7. The van der Waals surface area contributed by atoms with Crippen molar-refractivity contribution in [3.05, 3.63) is 53.6 Å². The van der Waals surface area contributed by atoms with Crippen molar-refractivity contribution in [1.29, 1.82) is 0 Å². The third-order valence-electron chi connectivity index (χ3n) is 4.98. The van der Waals surface area contributed by atoms with Gasteiger partial charge in [-0.2, -0.15) is 5.10 Å². The minimum absolute atomic E-state index is 0.301. The van der Waals surface area contributed by atoms with Gasteiger partial charge < -0.3 is 14.4 Å². The summed E-state index contributed by atoms with van der Waals surface area (Å²) >= 11 is 0. The molecule has 1 saturated heterocycles. The second-order valence-corrected chi connectivity index (χ2v) is 6.80. The van der Waals surface area contributed by atoms with Crippen LogP contribution in [0, 0.1) is 0 Å². The van der Waals surface area contributed by atoms with E-state index < -0.39 is 0 Å². The highest BCUT2D eigenvalue weighted by atomic mass is 16.5. The van der Waals surface area contributed by atoms with E-state index in [1.54, 1.807) is 25.3 Å². The Balaban J connectivity index is 1.65. The van der Waals surface area contributed by atoms with Crippen molar-refractivity contribution in [2.45, 2.75) is 26.2 Å². The molecule has 0 unspecified atom stereocenters. The summed E-state index contributed by atoms with van der Waals surface area (Å²) in [4.78, 5) is 14.8. The van der Waals surface area contributed by atoms with Crippen molar-refractivity contribution >= 4 is 17.3 Å². The number of anilines is 1. The highest BCUT2D eigenvalue weighted by Gasteiger charge is 2.12. The average Bonchev–Trinajstić information content (AvgIpc) is 2.77. The van der Waals surface area contributed by atoms with Gasteiger partial charge in [0, 0.05) is 24.3 Å². The Kier molecular flexibility index (Phi) is 6.53. The third-order valence-corrected chi connectivity index (χ3v) is 4.98. The average molecular weight is 381 g/mol. The maximum atomic E-state index is 12.4. The van der Waals surface area contributed by atoms with Crippen LogP contribution in [0.4, 0.5) is 5.69 Å². The smallest absolute Gasteiger partial charge is 0.271 e. The van der Waals surface area contributed by atoms with Gasteiger partial charge in [-0.15, -0.1) is 0 Å². The number of carbonyl (C=O) groups excluding carboxylic acids is 1. The summed E-state index contributed by atoms with van der Waals surface area (Å²) in [5.41, 5.74) is 6.03. The van der Waals surface area contributed by atoms with E-state index in [-0.39, 0.29) is 5.91 Å². The molecule has 0 aromatic heterocycles. The molecule has 1 fully saturated rings. The Bertz CT molecular complexity index is 841. The number of nitrogens with zero attached hydrogens (tertiary/aromatic N) is 2. The maximum absolute atomic E-state index is 12.4. The van der Waals surface area contributed by atoms with Gasteiger partial charge in [0.1, 0.15) is 0 Å². The normalized spacial score (nSPS) is 14.5. The van der Waals surface area contributed by atoms with E-state index in [4.69, 9.17) is 9.47 Å². The lowest BCUT2D eigenvalue weighted by Crippen LogP contribution is -2.29. The highest BCUT2D eigenvalue weighted by molar-refractivity contribution is 6.01. The first-order valence-electron chi connectivity index (χ1n) is 9.54. The van der Waals surface area contributed by atoms with E-state index in [2.05, 4.69) is 27.6 Å². The van der Waals surface area contributed by atoms with Crippen molar-refractivity contribution in [2.75, 3.05) is 32.2 Å². The lowest BCUT2D eigenvalue weighted by atomic mass is 10.1. The zero-order valence-corrected chi connectivity index (χ0v) is 16.7. The van der Waals surface area contributed by atoms with Gasteiger partial charge in [-0.25, -0.2) is 5.43 Å². The van der Waals surface area contributed by atoms with Gasteiger partial charge in [-0.3, -0.25) is 4.79 Å². The largest absolute Gasteiger partial charge is 0.493 e. The van der Waals surface area contributed by atoms with Crippen LogP contribution < -0.4 is 19.8 Å². The topological polar surface area (TPSA) is 63.2 Å². The quantitative estimate of drug-likeness (QED) is 0.610. The van der Waals surface area contributed by atoms with Gasteiger partial charge in [0.2, 0.25) is 0 Å². The van der Waals surface area contributed by atoms with Gasteiger partial charge >= 0.3 is 0 Å². The zero-order valence-electron chi connectivity index (χ0n) is 16.7. The molecule has 0 atom stereocenters. The number of piperidine rings is 1. The molecule has 3 rings (SSSR count). The number of ether oxygens (including phenoxy) is 2. The van der Waals surface area contributed by atoms with E-state index in [1.807, 2.05) is 19.1 Å². The standard InChI is InChI=1S/C22H27N3O3/c1-16(17-7-10-19(11-8-17)25-13-5-4-6-14-25)23-24-22(26)18-9-12-20(27-2)21(15-18)28-3/h7-12,15H,4-6,13-14H2,1-3H3,(H,24,26)/b23-16+. The summed E-state index contributed by atoms with van der Waals surface area (Å²) in [6.45, 7) is 4.12. The number of hydrogen-bond donors (Lipinski definition) is 1. The monoisotopic (exact) mass is 381 g/mol. The summed E-state index contributed by atoms with van der Waals surface area (Å²) in [7, 11) is 3.09. The molecule has 1 aliphatic heterocycles. The molecule has 0 spiro atoms. The van der Waals surface area contributed by atoms with Crippen molar-refractivity contribution in [2.24, 2.45) is 5.10 Å².